The number of nitrogens with zero attached hydrogens (tertiary/aromatic N) is 4. The number of aliphatic hydroxyl groups is 3. The van der Waals surface area contributed by atoms with Crippen LogP contribution >= 0.6 is 0 Å². The number of carbonyl (C=O) groups is 1. The van der Waals surface area contributed by atoms with Gasteiger partial charge in [0.15, 0.2) is 12.7 Å². The fraction of sp³-hybridized carbons (Fsp3) is 0.647. The lowest BCUT2D eigenvalue weighted by Crippen LogP contribution is -2.59. The SMILES string of the molecule is COc1ccc2c(c1)CC[C@@H]1[C@@H]2CC[C@@]2(C)[C@H]1CC[C@@]2(O)CCNC1CCN(C(=O)COc2ccc(CN3CCN(C[C@H]4OC[C@H](Oc5cccc(C(F)(F)F)n5)[C@@H](O)[C@H]4O)CC3)cc2)CC1. The lowest BCUT2D eigenvalue weighted by Gasteiger charge is -2.53. The Labute approximate surface area is 391 Å². The number of alkyl halides is 3. The van der Waals surface area contributed by atoms with E-state index in [9.17, 15) is 33.3 Å². The molecule has 1 amide bonds. The first-order valence-electron chi connectivity index (χ1n) is 24.4. The number of ether oxygens (including phenoxy) is 4. The Morgan fingerprint density at radius 2 is 1.66 bits per heavy atom. The molecule has 3 aliphatic heterocycles. The van der Waals surface area contributed by atoms with Gasteiger partial charge in [0.1, 0.15) is 29.4 Å². The van der Waals surface area contributed by atoms with Gasteiger partial charge in [0, 0.05) is 64.5 Å². The second-order valence-corrected chi connectivity index (χ2v) is 20.2. The number of aliphatic hydroxyl groups excluding tert-OH is 2. The molecule has 16 heteroatoms. The van der Waals surface area contributed by atoms with Crippen molar-refractivity contribution in [1.82, 2.24) is 25.0 Å². The number of halogens is 3. The summed E-state index contributed by atoms with van der Waals surface area (Å²) in [7, 11) is 1.74. The molecule has 3 aromatic rings. The topological polar surface area (TPSA) is 149 Å². The number of aryl methyl sites for hydroxylation is 1. The zero-order chi connectivity index (χ0) is 46.9. The van der Waals surface area contributed by atoms with E-state index in [4.69, 9.17) is 18.9 Å². The van der Waals surface area contributed by atoms with Gasteiger partial charge in [-0.2, -0.15) is 13.2 Å². The van der Waals surface area contributed by atoms with Crippen molar-refractivity contribution in [2.75, 3.05) is 72.7 Å². The second kappa shape index (κ2) is 20.1. The molecule has 3 saturated heterocycles. The van der Waals surface area contributed by atoms with Crippen LogP contribution in [0.3, 0.4) is 0 Å². The molecule has 0 bridgehead atoms. The standard InChI is InChI=1S/C51H68F3N5O8/c1-49-18-14-39-38-13-11-37(64-2)28-34(38)8-12-40(39)41(49)15-19-50(49,63)20-21-55-35-16-22-59(23-17-35)46(60)32-65-36-9-6-33(7-10-36)29-57-24-26-58(27-25-57)30-42-47(61)48(62)43(31-66-42)67-45-5-3-4-44(56-45)51(52,53)54/h3-7,9-11,13,28,35,39-43,47-48,55,61-63H,8,12,14-27,29-32H2,1-2H3/t39-,40-,41+,42-,43+,47+,48-,49+,50-/m1/s1. The fourth-order valence-electron chi connectivity index (χ4n) is 12.5. The molecule has 4 heterocycles. The van der Waals surface area contributed by atoms with Crippen LogP contribution in [0.4, 0.5) is 13.2 Å². The minimum atomic E-state index is -4.63. The molecule has 9 atom stereocenters. The number of methoxy groups -OCH3 is 1. The van der Waals surface area contributed by atoms with Gasteiger partial charge in [0.05, 0.1) is 25.4 Å². The first-order valence-corrected chi connectivity index (χ1v) is 24.4. The highest BCUT2D eigenvalue weighted by molar-refractivity contribution is 5.77. The number of amides is 1. The van der Waals surface area contributed by atoms with Crippen LogP contribution in [0.1, 0.15) is 86.6 Å². The van der Waals surface area contributed by atoms with Gasteiger partial charge in [-0.05, 0) is 135 Å². The van der Waals surface area contributed by atoms with Crippen molar-refractivity contribution < 1.29 is 52.2 Å². The molecular weight excluding hydrogens is 868 g/mol. The maximum Gasteiger partial charge on any atom is 0.433 e. The van der Waals surface area contributed by atoms with Crippen LogP contribution in [0.25, 0.3) is 0 Å². The highest BCUT2D eigenvalue weighted by Crippen LogP contribution is 2.65. The van der Waals surface area contributed by atoms with Gasteiger partial charge in [0.2, 0.25) is 5.88 Å². The summed E-state index contributed by atoms with van der Waals surface area (Å²) in [6.45, 7) is 8.57. The third-order valence-electron chi connectivity index (χ3n) is 16.5. The predicted molar refractivity (Wildman–Crippen MR) is 244 cm³/mol. The first-order chi connectivity index (χ1) is 32.2. The Hall–Kier alpha value is -4.03. The van der Waals surface area contributed by atoms with Gasteiger partial charge in [0.25, 0.3) is 5.91 Å². The molecule has 2 aromatic carbocycles. The number of piperazine rings is 1. The van der Waals surface area contributed by atoms with E-state index >= 15 is 0 Å². The second-order valence-electron chi connectivity index (χ2n) is 20.2. The summed E-state index contributed by atoms with van der Waals surface area (Å²) in [4.78, 5) is 23.0. The zero-order valence-corrected chi connectivity index (χ0v) is 38.8. The molecular formula is C51H68F3N5O8. The van der Waals surface area contributed by atoms with Crippen LogP contribution in [-0.2, 0) is 28.7 Å². The van der Waals surface area contributed by atoms with Crippen LogP contribution in [0, 0.1) is 17.3 Å². The van der Waals surface area contributed by atoms with E-state index in [0.717, 1.165) is 108 Å². The third kappa shape index (κ3) is 10.5. The third-order valence-corrected chi connectivity index (χ3v) is 16.5. The highest BCUT2D eigenvalue weighted by Gasteiger charge is 2.61. The monoisotopic (exact) mass is 936 g/mol. The van der Waals surface area contributed by atoms with E-state index in [1.54, 1.807) is 7.11 Å². The number of hydrogen-bond acceptors (Lipinski definition) is 12. The number of carbonyl (C=O) groups excluding carboxylic acids is 1. The minimum Gasteiger partial charge on any atom is -0.497 e. The van der Waals surface area contributed by atoms with E-state index in [0.29, 0.717) is 49.2 Å². The summed E-state index contributed by atoms with van der Waals surface area (Å²) in [6.07, 6.45) is -0.0416. The van der Waals surface area contributed by atoms with Crippen molar-refractivity contribution in [3.8, 4) is 17.4 Å². The number of piperidine rings is 1. The first kappa shape index (κ1) is 48.0. The molecule has 366 valence electrons. The van der Waals surface area contributed by atoms with Crippen molar-refractivity contribution in [1.29, 1.82) is 0 Å². The molecule has 3 aliphatic carbocycles. The van der Waals surface area contributed by atoms with Crippen LogP contribution < -0.4 is 19.5 Å². The van der Waals surface area contributed by atoms with Crippen LogP contribution in [-0.4, -0.2) is 150 Å². The van der Waals surface area contributed by atoms with Crippen LogP contribution in [0.5, 0.6) is 17.4 Å². The fourth-order valence-corrected chi connectivity index (χ4v) is 12.5. The van der Waals surface area contributed by atoms with E-state index in [1.807, 2.05) is 29.2 Å². The molecule has 0 spiro atoms. The van der Waals surface area contributed by atoms with E-state index in [-0.39, 0.29) is 30.4 Å². The molecule has 9 rings (SSSR count). The average Bonchev–Trinajstić information content (AvgIpc) is 3.60. The largest absolute Gasteiger partial charge is 0.497 e. The van der Waals surface area contributed by atoms with Crippen molar-refractivity contribution in [2.45, 2.75) is 119 Å². The molecule has 67 heavy (non-hydrogen) atoms. The van der Waals surface area contributed by atoms with Crippen molar-refractivity contribution in [3.05, 3.63) is 83.0 Å². The van der Waals surface area contributed by atoms with Crippen molar-refractivity contribution in [3.63, 3.8) is 0 Å². The Balaban J connectivity index is 0.647. The molecule has 2 saturated carbocycles. The van der Waals surface area contributed by atoms with Crippen LogP contribution in [0.2, 0.25) is 0 Å². The summed E-state index contributed by atoms with van der Waals surface area (Å²) < 4.78 is 62.0. The van der Waals surface area contributed by atoms with Crippen LogP contribution in [0.15, 0.2) is 60.7 Å². The number of aromatic nitrogens is 1. The molecule has 5 fully saturated rings. The average molecular weight is 936 g/mol. The number of hydrogen-bond donors (Lipinski definition) is 4. The van der Waals surface area contributed by atoms with Gasteiger partial charge in [-0.15, -0.1) is 0 Å². The summed E-state index contributed by atoms with van der Waals surface area (Å²) in [5.74, 6) is 3.04. The van der Waals surface area contributed by atoms with Gasteiger partial charge < -0.3 is 44.5 Å². The Morgan fingerprint density at radius 1 is 0.910 bits per heavy atom. The molecule has 1 aromatic heterocycles. The molecule has 0 radical (unpaired) electrons. The quantitative estimate of drug-likeness (QED) is 0.163. The van der Waals surface area contributed by atoms with Gasteiger partial charge in [-0.1, -0.05) is 31.2 Å². The molecule has 0 unspecified atom stereocenters. The lowest BCUT2D eigenvalue weighted by atomic mass is 9.53. The van der Waals surface area contributed by atoms with E-state index < -0.39 is 41.9 Å². The normalized spacial score (nSPS) is 31.7. The summed E-state index contributed by atoms with van der Waals surface area (Å²) >= 11 is 0. The highest BCUT2D eigenvalue weighted by atomic mass is 19.4. The number of rotatable bonds is 14. The number of fused-ring (bicyclic) bond motifs is 5. The predicted octanol–water partition coefficient (Wildman–Crippen LogP) is 5.43. The van der Waals surface area contributed by atoms with Gasteiger partial charge in [-0.25, -0.2) is 4.98 Å². The zero-order valence-electron chi connectivity index (χ0n) is 38.8. The van der Waals surface area contributed by atoms with Gasteiger partial charge in [-0.3, -0.25) is 14.6 Å². The summed E-state index contributed by atoms with van der Waals surface area (Å²) in [6, 6.07) is 18.1. The number of benzene rings is 2. The smallest absolute Gasteiger partial charge is 0.433 e. The molecule has 13 nitrogen and oxygen atoms in total. The maximum absolute atomic E-state index is 13.2. The number of likely N-dealkylation sites (tertiary alicyclic amines) is 1. The molecule has 6 aliphatic rings. The Kier molecular flexibility index (Phi) is 14.4. The van der Waals surface area contributed by atoms with Gasteiger partial charge >= 0.3 is 6.18 Å². The maximum atomic E-state index is 13.2. The number of nitrogens with one attached hydrogen (secondary N) is 1. The summed E-state index contributed by atoms with van der Waals surface area (Å²) in [5, 5.41) is 37.6. The lowest BCUT2D eigenvalue weighted by molar-refractivity contribution is -0.186. The minimum absolute atomic E-state index is 0.00897. The van der Waals surface area contributed by atoms with Crippen molar-refractivity contribution in [2.24, 2.45) is 17.3 Å². The Bertz CT molecular complexity index is 2150. The van der Waals surface area contributed by atoms with E-state index in [2.05, 4.69) is 45.2 Å². The summed E-state index contributed by atoms with van der Waals surface area (Å²) in [5.41, 5.74) is 2.25. The van der Waals surface area contributed by atoms with E-state index in [1.165, 1.54) is 29.7 Å². The number of pyridine rings is 1. The van der Waals surface area contributed by atoms with Crippen molar-refractivity contribution >= 4 is 5.91 Å². The molecule has 4 N–H and O–H groups in total. The Morgan fingerprint density at radius 3 is 2.40 bits per heavy atom.